The van der Waals surface area contributed by atoms with Crippen molar-refractivity contribution in [2.24, 2.45) is 0 Å². The van der Waals surface area contributed by atoms with E-state index in [2.05, 4.69) is 15.5 Å². The minimum absolute atomic E-state index is 0.0968. The third-order valence-corrected chi connectivity index (χ3v) is 4.62. The predicted molar refractivity (Wildman–Crippen MR) is 88.2 cm³/mol. The van der Waals surface area contributed by atoms with Gasteiger partial charge in [-0.2, -0.15) is 0 Å². The van der Waals surface area contributed by atoms with E-state index in [0.717, 1.165) is 43.4 Å². The van der Waals surface area contributed by atoms with Gasteiger partial charge in [-0.05, 0) is 26.2 Å². The molecule has 0 radical (unpaired) electrons. The molecule has 1 aliphatic carbocycles. The van der Waals surface area contributed by atoms with Crippen LogP contribution in [0.2, 0.25) is 0 Å². The van der Waals surface area contributed by atoms with Gasteiger partial charge in [0.25, 0.3) is 5.91 Å². The number of anilines is 1. The molecule has 1 aliphatic rings. The van der Waals surface area contributed by atoms with E-state index in [0.29, 0.717) is 23.1 Å². The first-order valence-corrected chi connectivity index (χ1v) is 8.94. The molecule has 0 saturated heterocycles. The number of carbonyl (C=O) groups is 2. The molecule has 0 atom stereocenters. The van der Waals surface area contributed by atoms with Crippen LogP contribution in [0.5, 0.6) is 0 Å². The molecule has 24 heavy (non-hydrogen) atoms. The number of hydrogen-bond acceptors (Lipinski definition) is 7. The second kappa shape index (κ2) is 7.57. The summed E-state index contributed by atoms with van der Waals surface area (Å²) in [5.74, 6) is 0.168. The van der Waals surface area contributed by atoms with Gasteiger partial charge in [0.05, 0.1) is 18.7 Å². The van der Waals surface area contributed by atoms with Crippen molar-refractivity contribution in [1.82, 2.24) is 10.1 Å². The second-order valence-electron chi connectivity index (χ2n) is 5.57. The summed E-state index contributed by atoms with van der Waals surface area (Å²) in [6, 6.07) is 0. The van der Waals surface area contributed by atoms with Crippen LogP contribution in [0, 0.1) is 0 Å². The number of fused-ring (bicyclic) bond motifs is 1. The van der Waals surface area contributed by atoms with Crippen molar-refractivity contribution in [2.75, 3.05) is 11.9 Å². The van der Waals surface area contributed by atoms with Gasteiger partial charge in [-0.1, -0.05) is 11.6 Å². The van der Waals surface area contributed by atoms with Crippen molar-refractivity contribution in [3.63, 3.8) is 0 Å². The predicted octanol–water partition coefficient (Wildman–Crippen LogP) is 2.76. The molecule has 0 aromatic carbocycles. The third-order valence-electron chi connectivity index (χ3n) is 3.82. The Hall–Kier alpha value is -2.22. The van der Waals surface area contributed by atoms with E-state index < -0.39 is 0 Å². The van der Waals surface area contributed by atoms with Gasteiger partial charge in [0.2, 0.25) is 0 Å². The van der Waals surface area contributed by atoms with Crippen LogP contribution in [0.3, 0.4) is 0 Å². The summed E-state index contributed by atoms with van der Waals surface area (Å²) in [6.07, 6.45) is 4.97. The Morgan fingerprint density at radius 1 is 1.33 bits per heavy atom. The molecule has 2 aromatic rings. The number of nitrogens with one attached hydrogen (secondary N) is 1. The number of nitrogens with zero attached hydrogens (tertiary/aromatic N) is 2. The van der Waals surface area contributed by atoms with Crippen LogP contribution in [-0.4, -0.2) is 28.6 Å². The summed E-state index contributed by atoms with van der Waals surface area (Å²) >= 11 is 1.27. The summed E-state index contributed by atoms with van der Waals surface area (Å²) < 4.78 is 10.2. The summed E-state index contributed by atoms with van der Waals surface area (Å²) in [6.45, 7) is 2.09. The lowest BCUT2D eigenvalue weighted by Gasteiger charge is -2.01. The molecule has 2 heterocycles. The smallest absolute Gasteiger partial charge is 0.311 e. The van der Waals surface area contributed by atoms with E-state index in [1.807, 2.05) is 0 Å². The largest absolute Gasteiger partial charge is 0.466 e. The summed E-state index contributed by atoms with van der Waals surface area (Å²) in [5, 5.41) is 8.83. The Kier molecular flexibility index (Phi) is 5.24. The molecular formula is C16H19N3O4S. The Labute approximate surface area is 143 Å². The van der Waals surface area contributed by atoms with Gasteiger partial charge < -0.3 is 9.26 Å². The maximum Gasteiger partial charge on any atom is 0.311 e. The second-order valence-corrected chi connectivity index (χ2v) is 6.43. The first-order chi connectivity index (χ1) is 11.7. The molecule has 0 spiro atoms. The van der Waals surface area contributed by atoms with E-state index in [1.54, 1.807) is 12.3 Å². The normalized spacial score (nSPS) is 13.9. The Morgan fingerprint density at radius 2 is 2.17 bits per heavy atom. The van der Waals surface area contributed by atoms with Gasteiger partial charge in [0.1, 0.15) is 5.76 Å². The van der Waals surface area contributed by atoms with Crippen molar-refractivity contribution in [2.45, 2.75) is 45.4 Å². The average Bonchev–Trinajstić information content (AvgIpc) is 3.08. The van der Waals surface area contributed by atoms with Crippen molar-refractivity contribution in [3.05, 3.63) is 28.1 Å². The van der Waals surface area contributed by atoms with Crippen molar-refractivity contribution in [1.29, 1.82) is 0 Å². The number of carbonyl (C=O) groups excluding carboxylic acids is 2. The lowest BCUT2D eigenvalue weighted by molar-refractivity contribution is -0.142. The lowest BCUT2D eigenvalue weighted by Crippen LogP contribution is -2.14. The van der Waals surface area contributed by atoms with E-state index in [-0.39, 0.29) is 18.3 Å². The summed E-state index contributed by atoms with van der Waals surface area (Å²) in [5.41, 5.74) is 1.83. The van der Waals surface area contributed by atoms with Crippen LogP contribution < -0.4 is 5.32 Å². The molecule has 0 bridgehead atoms. The van der Waals surface area contributed by atoms with E-state index in [1.165, 1.54) is 11.3 Å². The number of thiazole rings is 1. The molecule has 1 amide bonds. The first-order valence-electron chi connectivity index (χ1n) is 8.06. The summed E-state index contributed by atoms with van der Waals surface area (Å²) in [7, 11) is 0. The molecule has 8 heteroatoms. The highest BCUT2D eigenvalue weighted by Gasteiger charge is 2.23. The van der Waals surface area contributed by atoms with E-state index in [9.17, 15) is 9.59 Å². The van der Waals surface area contributed by atoms with Gasteiger partial charge in [0, 0.05) is 17.4 Å². The molecular weight excluding hydrogens is 330 g/mol. The fourth-order valence-electron chi connectivity index (χ4n) is 2.70. The van der Waals surface area contributed by atoms with Crippen molar-refractivity contribution >= 4 is 28.3 Å². The number of esters is 1. The van der Waals surface area contributed by atoms with Crippen LogP contribution in [0.1, 0.15) is 53.7 Å². The van der Waals surface area contributed by atoms with E-state index in [4.69, 9.17) is 9.26 Å². The maximum absolute atomic E-state index is 12.4. The number of hydrogen-bond donors (Lipinski definition) is 1. The van der Waals surface area contributed by atoms with Crippen LogP contribution in [-0.2, 0) is 28.8 Å². The third kappa shape index (κ3) is 3.81. The van der Waals surface area contributed by atoms with Crippen LogP contribution in [0.15, 0.2) is 9.90 Å². The number of aromatic nitrogens is 2. The standard InChI is InChI=1S/C16H19N3O4S/c1-2-22-13(20)8-10-9-24-16(17-10)18-15(21)14-11-6-4-3-5-7-12(11)23-19-14/h9H,2-8H2,1H3,(H,17,18,21). The number of rotatable bonds is 5. The van der Waals surface area contributed by atoms with Crippen LogP contribution in [0.25, 0.3) is 0 Å². The molecule has 0 saturated carbocycles. The molecule has 1 N–H and O–H groups in total. The Bertz CT molecular complexity index is 738. The zero-order chi connectivity index (χ0) is 16.9. The molecule has 2 aromatic heterocycles. The van der Waals surface area contributed by atoms with Gasteiger partial charge >= 0.3 is 5.97 Å². The van der Waals surface area contributed by atoms with Gasteiger partial charge in [0.15, 0.2) is 10.8 Å². The first kappa shape index (κ1) is 16.6. The van der Waals surface area contributed by atoms with Gasteiger partial charge in [-0.25, -0.2) is 4.98 Å². The minimum Gasteiger partial charge on any atom is -0.466 e. The SMILES string of the molecule is CCOC(=O)Cc1csc(NC(=O)c2noc3c2CCCCC3)n1. The summed E-state index contributed by atoms with van der Waals surface area (Å²) in [4.78, 5) is 28.1. The highest BCUT2D eigenvalue weighted by atomic mass is 32.1. The highest BCUT2D eigenvalue weighted by molar-refractivity contribution is 7.14. The molecule has 0 fully saturated rings. The Morgan fingerprint density at radius 3 is 3.00 bits per heavy atom. The maximum atomic E-state index is 12.4. The minimum atomic E-state index is -0.331. The molecule has 0 aliphatic heterocycles. The molecule has 128 valence electrons. The topological polar surface area (TPSA) is 94.3 Å². The monoisotopic (exact) mass is 349 g/mol. The lowest BCUT2D eigenvalue weighted by atomic mass is 10.1. The van der Waals surface area contributed by atoms with Gasteiger partial charge in [-0.3, -0.25) is 14.9 Å². The number of ether oxygens (including phenoxy) is 1. The quantitative estimate of drug-likeness (QED) is 0.659. The van der Waals surface area contributed by atoms with Crippen LogP contribution >= 0.6 is 11.3 Å². The molecule has 7 nitrogen and oxygen atoms in total. The van der Waals surface area contributed by atoms with Crippen molar-refractivity contribution in [3.8, 4) is 0 Å². The average molecular weight is 349 g/mol. The Balaban J connectivity index is 1.66. The van der Waals surface area contributed by atoms with E-state index >= 15 is 0 Å². The fourth-order valence-corrected chi connectivity index (χ4v) is 3.41. The highest BCUT2D eigenvalue weighted by Crippen LogP contribution is 2.25. The van der Waals surface area contributed by atoms with Crippen molar-refractivity contribution < 1.29 is 18.8 Å². The zero-order valence-corrected chi connectivity index (χ0v) is 14.3. The fraction of sp³-hybridized carbons (Fsp3) is 0.500. The number of amides is 1. The van der Waals surface area contributed by atoms with Gasteiger partial charge in [-0.15, -0.1) is 11.3 Å². The molecule has 0 unspecified atom stereocenters. The number of aryl methyl sites for hydroxylation is 1. The molecule has 3 rings (SSSR count). The van der Waals surface area contributed by atoms with Crippen LogP contribution in [0.4, 0.5) is 5.13 Å². The zero-order valence-electron chi connectivity index (χ0n) is 13.5.